The second kappa shape index (κ2) is 8.73. The number of nitrogens with one attached hydrogen (secondary N) is 1. The van der Waals surface area contributed by atoms with Gasteiger partial charge in [-0.1, -0.05) is 35.9 Å². The third-order valence-electron chi connectivity index (χ3n) is 4.25. The van der Waals surface area contributed by atoms with E-state index in [1.165, 1.54) is 38.6 Å². The predicted molar refractivity (Wildman–Crippen MR) is 109 cm³/mol. The SMILES string of the molecule is CN(C)S(=O)(=O)c1ccc(Cl)c(C(=O)NCc2ccc(Cn3cncn3)cc2)c1. The van der Waals surface area contributed by atoms with Gasteiger partial charge in [0, 0.05) is 20.6 Å². The van der Waals surface area contributed by atoms with Crippen LogP contribution in [0.2, 0.25) is 5.02 Å². The first-order valence-electron chi connectivity index (χ1n) is 8.68. The Morgan fingerprint density at radius 2 is 1.83 bits per heavy atom. The standard InChI is InChI=1S/C19H20ClN5O3S/c1-24(2)29(27,28)16-7-8-18(20)17(9-16)19(26)22-10-14-3-5-15(6-4-14)11-25-13-21-12-23-25/h3-9,12-13H,10-11H2,1-2H3,(H,22,26). The molecule has 1 amide bonds. The van der Waals surface area contributed by atoms with Crippen molar-refractivity contribution in [3.63, 3.8) is 0 Å². The number of carbonyl (C=O) groups is 1. The van der Waals surface area contributed by atoms with Gasteiger partial charge >= 0.3 is 0 Å². The lowest BCUT2D eigenvalue weighted by atomic mass is 10.1. The summed E-state index contributed by atoms with van der Waals surface area (Å²) < 4.78 is 27.4. The van der Waals surface area contributed by atoms with E-state index in [-0.39, 0.29) is 22.0 Å². The van der Waals surface area contributed by atoms with Crippen LogP contribution >= 0.6 is 11.6 Å². The van der Waals surface area contributed by atoms with Crippen molar-refractivity contribution in [3.05, 3.63) is 76.8 Å². The van der Waals surface area contributed by atoms with Gasteiger partial charge in [0.2, 0.25) is 10.0 Å². The molecule has 0 aliphatic heterocycles. The van der Waals surface area contributed by atoms with Crippen molar-refractivity contribution in [1.29, 1.82) is 0 Å². The molecule has 0 saturated heterocycles. The molecule has 0 aliphatic carbocycles. The number of nitrogens with zero attached hydrogens (tertiary/aromatic N) is 4. The zero-order valence-electron chi connectivity index (χ0n) is 15.9. The summed E-state index contributed by atoms with van der Waals surface area (Å²) in [5.74, 6) is -0.447. The van der Waals surface area contributed by atoms with Crippen molar-refractivity contribution in [1.82, 2.24) is 24.4 Å². The molecule has 0 fully saturated rings. The molecule has 0 atom stereocenters. The van der Waals surface area contributed by atoms with Gasteiger partial charge in [-0.05, 0) is 29.3 Å². The number of hydrogen-bond donors (Lipinski definition) is 1. The Kier molecular flexibility index (Phi) is 6.31. The molecule has 3 rings (SSSR count). The van der Waals surface area contributed by atoms with Gasteiger partial charge in [0.05, 0.1) is 22.0 Å². The van der Waals surface area contributed by atoms with Crippen LogP contribution in [0.1, 0.15) is 21.5 Å². The van der Waals surface area contributed by atoms with Crippen LogP contribution in [0, 0.1) is 0 Å². The van der Waals surface area contributed by atoms with Crippen molar-refractivity contribution < 1.29 is 13.2 Å². The number of aromatic nitrogens is 3. The number of carbonyl (C=O) groups excluding carboxylic acids is 1. The van der Waals surface area contributed by atoms with Gasteiger partial charge in [-0.15, -0.1) is 0 Å². The summed E-state index contributed by atoms with van der Waals surface area (Å²) in [4.78, 5) is 16.5. The quantitative estimate of drug-likeness (QED) is 0.615. The number of halogens is 1. The molecule has 0 radical (unpaired) electrons. The molecule has 8 nitrogen and oxygen atoms in total. The van der Waals surface area contributed by atoms with E-state index in [9.17, 15) is 13.2 Å². The maximum atomic E-state index is 12.5. The molecule has 152 valence electrons. The molecule has 0 bridgehead atoms. The number of benzene rings is 2. The molecule has 0 unspecified atom stereocenters. The van der Waals surface area contributed by atoms with Gasteiger partial charge in [-0.3, -0.25) is 4.79 Å². The summed E-state index contributed by atoms with van der Waals surface area (Å²) in [5, 5.41) is 7.01. The van der Waals surface area contributed by atoms with Crippen LogP contribution in [0.3, 0.4) is 0 Å². The summed E-state index contributed by atoms with van der Waals surface area (Å²) in [5.41, 5.74) is 2.06. The summed E-state index contributed by atoms with van der Waals surface area (Å²) in [7, 11) is -0.806. The average Bonchev–Trinajstić information content (AvgIpc) is 3.20. The van der Waals surface area contributed by atoms with Gasteiger partial charge in [0.25, 0.3) is 5.91 Å². The Morgan fingerprint density at radius 1 is 1.14 bits per heavy atom. The largest absolute Gasteiger partial charge is 0.348 e. The highest BCUT2D eigenvalue weighted by molar-refractivity contribution is 7.89. The molecule has 1 aromatic heterocycles. The van der Waals surface area contributed by atoms with E-state index in [1.807, 2.05) is 24.3 Å². The van der Waals surface area contributed by atoms with Crippen LogP contribution in [-0.4, -0.2) is 47.5 Å². The van der Waals surface area contributed by atoms with E-state index in [4.69, 9.17) is 11.6 Å². The number of amides is 1. The molecule has 10 heteroatoms. The minimum Gasteiger partial charge on any atom is -0.348 e. The van der Waals surface area contributed by atoms with Crippen molar-refractivity contribution in [2.45, 2.75) is 18.0 Å². The summed E-state index contributed by atoms with van der Waals surface area (Å²) in [6.07, 6.45) is 3.12. The van der Waals surface area contributed by atoms with E-state index >= 15 is 0 Å². The number of sulfonamides is 1. The van der Waals surface area contributed by atoms with Crippen molar-refractivity contribution >= 4 is 27.5 Å². The Labute approximate surface area is 174 Å². The average molecular weight is 434 g/mol. The van der Waals surface area contributed by atoms with Crippen molar-refractivity contribution in [2.24, 2.45) is 0 Å². The predicted octanol–water partition coefficient (Wildman–Crippen LogP) is 2.16. The highest BCUT2D eigenvalue weighted by atomic mass is 35.5. The fourth-order valence-electron chi connectivity index (χ4n) is 2.59. The normalized spacial score (nSPS) is 11.6. The molecule has 29 heavy (non-hydrogen) atoms. The topological polar surface area (TPSA) is 97.2 Å². The molecular weight excluding hydrogens is 414 g/mol. The lowest BCUT2D eigenvalue weighted by molar-refractivity contribution is 0.0951. The molecular formula is C19H20ClN5O3S. The Hall–Kier alpha value is -2.75. The first-order valence-corrected chi connectivity index (χ1v) is 10.5. The van der Waals surface area contributed by atoms with E-state index < -0.39 is 15.9 Å². The minimum absolute atomic E-state index is 0.00881. The zero-order chi connectivity index (χ0) is 21.0. The molecule has 2 aromatic carbocycles. The van der Waals surface area contributed by atoms with Crippen LogP contribution in [0.4, 0.5) is 0 Å². The maximum absolute atomic E-state index is 12.5. The van der Waals surface area contributed by atoms with Crippen LogP contribution in [0.15, 0.2) is 60.0 Å². The van der Waals surface area contributed by atoms with E-state index in [1.54, 1.807) is 11.0 Å². The van der Waals surface area contributed by atoms with Gasteiger partial charge < -0.3 is 5.32 Å². The second-order valence-electron chi connectivity index (χ2n) is 6.52. The molecule has 0 aliphatic rings. The van der Waals surface area contributed by atoms with Crippen LogP contribution in [0.5, 0.6) is 0 Å². The fourth-order valence-corrected chi connectivity index (χ4v) is 3.72. The second-order valence-corrected chi connectivity index (χ2v) is 9.08. The fraction of sp³-hybridized carbons (Fsp3) is 0.211. The van der Waals surface area contributed by atoms with Gasteiger partial charge in [-0.2, -0.15) is 5.10 Å². The summed E-state index contributed by atoms with van der Waals surface area (Å²) in [6.45, 7) is 0.888. The lowest BCUT2D eigenvalue weighted by Crippen LogP contribution is -2.25. The molecule has 0 saturated carbocycles. The van der Waals surface area contributed by atoms with Gasteiger partial charge in [0.15, 0.2) is 0 Å². The van der Waals surface area contributed by atoms with Gasteiger partial charge in [0.1, 0.15) is 12.7 Å². The smallest absolute Gasteiger partial charge is 0.253 e. The van der Waals surface area contributed by atoms with Crippen molar-refractivity contribution in [2.75, 3.05) is 14.1 Å². The number of hydrogen-bond acceptors (Lipinski definition) is 5. The molecule has 1 N–H and O–H groups in total. The molecule has 1 heterocycles. The lowest BCUT2D eigenvalue weighted by Gasteiger charge is -2.13. The minimum atomic E-state index is -3.66. The zero-order valence-corrected chi connectivity index (χ0v) is 17.5. The first-order chi connectivity index (χ1) is 13.8. The summed E-state index contributed by atoms with van der Waals surface area (Å²) >= 11 is 6.11. The highest BCUT2D eigenvalue weighted by Gasteiger charge is 2.20. The van der Waals surface area contributed by atoms with Crippen LogP contribution in [0.25, 0.3) is 0 Å². The van der Waals surface area contributed by atoms with E-state index in [0.29, 0.717) is 6.54 Å². The van der Waals surface area contributed by atoms with Gasteiger partial charge in [-0.25, -0.2) is 22.4 Å². The Morgan fingerprint density at radius 3 is 2.45 bits per heavy atom. The Balaban J connectivity index is 1.67. The molecule has 3 aromatic rings. The van der Waals surface area contributed by atoms with E-state index in [0.717, 1.165) is 15.4 Å². The van der Waals surface area contributed by atoms with Crippen molar-refractivity contribution in [3.8, 4) is 0 Å². The maximum Gasteiger partial charge on any atom is 0.253 e. The monoisotopic (exact) mass is 433 g/mol. The molecule has 0 spiro atoms. The van der Waals surface area contributed by atoms with Crippen LogP contribution in [-0.2, 0) is 23.1 Å². The van der Waals surface area contributed by atoms with E-state index in [2.05, 4.69) is 15.4 Å². The third-order valence-corrected chi connectivity index (χ3v) is 6.39. The summed E-state index contributed by atoms with van der Waals surface area (Å²) in [6, 6.07) is 11.8. The third kappa shape index (κ3) is 5.00. The Bertz CT molecular complexity index is 1100. The van der Waals surface area contributed by atoms with Crippen LogP contribution < -0.4 is 5.32 Å². The highest BCUT2D eigenvalue weighted by Crippen LogP contribution is 2.22. The number of rotatable bonds is 7. The first kappa shape index (κ1) is 21.0.